The Hall–Kier alpha value is -0.830. The van der Waals surface area contributed by atoms with Crippen LogP contribution in [0.25, 0.3) is 0 Å². The van der Waals surface area contributed by atoms with Crippen molar-refractivity contribution in [3.05, 3.63) is 21.9 Å². The van der Waals surface area contributed by atoms with Gasteiger partial charge in [0.2, 0.25) is 0 Å². The average Bonchev–Trinajstić information content (AvgIpc) is 2.72. The van der Waals surface area contributed by atoms with Gasteiger partial charge in [0.15, 0.2) is 0 Å². The van der Waals surface area contributed by atoms with Gasteiger partial charge in [0, 0.05) is 9.75 Å². The standard InChI is InChI=1S/C10H12O2S/c1-7-2-3-8(13-7)6-10(4-5-10)9(11)12/h2-3H,4-6H2,1H3,(H,11,12). The molecule has 0 bridgehead atoms. The highest BCUT2D eigenvalue weighted by atomic mass is 32.1. The van der Waals surface area contributed by atoms with Crippen LogP contribution in [0.1, 0.15) is 22.6 Å². The lowest BCUT2D eigenvalue weighted by atomic mass is 10.0. The fraction of sp³-hybridized carbons (Fsp3) is 0.500. The summed E-state index contributed by atoms with van der Waals surface area (Å²) in [5.41, 5.74) is -0.405. The van der Waals surface area contributed by atoms with Crippen molar-refractivity contribution in [3.8, 4) is 0 Å². The summed E-state index contributed by atoms with van der Waals surface area (Å²) in [6.45, 7) is 2.05. The van der Waals surface area contributed by atoms with Gasteiger partial charge in [-0.1, -0.05) is 0 Å². The number of hydrogen-bond donors (Lipinski definition) is 1. The van der Waals surface area contributed by atoms with Crippen LogP contribution in [0.15, 0.2) is 12.1 Å². The molecule has 0 radical (unpaired) electrons. The Kier molecular flexibility index (Phi) is 1.91. The number of carboxylic acids is 1. The minimum atomic E-state index is -0.626. The second kappa shape index (κ2) is 2.84. The zero-order valence-electron chi connectivity index (χ0n) is 7.54. The first-order chi connectivity index (χ1) is 6.12. The minimum Gasteiger partial charge on any atom is -0.481 e. The van der Waals surface area contributed by atoms with Crippen molar-refractivity contribution in [1.82, 2.24) is 0 Å². The summed E-state index contributed by atoms with van der Waals surface area (Å²) in [5.74, 6) is -0.626. The largest absolute Gasteiger partial charge is 0.481 e. The summed E-state index contributed by atoms with van der Waals surface area (Å²) in [6, 6.07) is 4.10. The van der Waals surface area contributed by atoms with Crippen LogP contribution in [0.3, 0.4) is 0 Å². The molecule has 13 heavy (non-hydrogen) atoms. The van der Waals surface area contributed by atoms with Crippen molar-refractivity contribution in [3.63, 3.8) is 0 Å². The van der Waals surface area contributed by atoms with Gasteiger partial charge in [-0.05, 0) is 38.3 Å². The fourth-order valence-electron chi connectivity index (χ4n) is 1.53. The molecule has 1 heterocycles. The first-order valence-electron chi connectivity index (χ1n) is 4.41. The van der Waals surface area contributed by atoms with Crippen LogP contribution in [-0.4, -0.2) is 11.1 Å². The predicted octanol–water partition coefficient (Wildman–Crippen LogP) is 2.46. The second-order valence-corrected chi connectivity index (χ2v) is 5.15. The van der Waals surface area contributed by atoms with Gasteiger partial charge >= 0.3 is 5.97 Å². The quantitative estimate of drug-likeness (QED) is 0.806. The smallest absolute Gasteiger partial charge is 0.309 e. The van der Waals surface area contributed by atoms with Crippen molar-refractivity contribution < 1.29 is 9.90 Å². The molecule has 70 valence electrons. The molecule has 0 aromatic carbocycles. The highest BCUT2D eigenvalue weighted by molar-refractivity contribution is 7.11. The number of carboxylic acid groups (broad SMARTS) is 1. The van der Waals surface area contributed by atoms with Gasteiger partial charge in [0.1, 0.15) is 0 Å². The van der Waals surface area contributed by atoms with Gasteiger partial charge in [0.05, 0.1) is 5.41 Å². The first kappa shape index (κ1) is 8.75. The number of aliphatic carboxylic acids is 1. The lowest BCUT2D eigenvalue weighted by Gasteiger charge is -2.06. The predicted molar refractivity (Wildman–Crippen MR) is 52.1 cm³/mol. The van der Waals surface area contributed by atoms with E-state index >= 15 is 0 Å². The maximum atomic E-state index is 10.9. The molecule has 2 rings (SSSR count). The lowest BCUT2D eigenvalue weighted by molar-refractivity contribution is -0.143. The van der Waals surface area contributed by atoms with Crippen molar-refractivity contribution >= 4 is 17.3 Å². The maximum Gasteiger partial charge on any atom is 0.309 e. The highest BCUT2D eigenvalue weighted by Gasteiger charge is 2.50. The van der Waals surface area contributed by atoms with E-state index in [9.17, 15) is 4.79 Å². The number of thiophene rings is 1. The van der Waals surface area contributed by atoms with Crippen LogP contribution in [0, 0.1) is 12.3 Å². The molecule has 0 atom stereocenters. The molecule has 1 aromatic heterocycles. The van der Waals surface area contributed by atoms with Crippen LogP contribution in [-0.2, 0) is 11.2 Å². The molecule has 1 aliphatic rings. The van der Waals surface area contributed by atoms with Crippen LogP contribution >= 0.6 is 11.3 Å². The van der Waals surface area contributed by atoms with E-state index in [0.29, 0.717) is 0 Å². The molecule has 3 heteroatoms. The topological polar surface area (TPSA) is 37.3 Å². The van der Waals surface area contributed by atoms with Crippen molar-refractivity contribution in [2.75, 3.05) is 0 Å². The van der Waals surface area contributed by atoms with E-state index in [1.165, 1.54) is 9.75 Å². The summed E-state index contributed by atoms with van der Waals surface area (Å²) in [7, 11) is 0. The molecule has 0 aliphatic heterocycles. The molecule has 1 aliphatic carbocycles. The molecule has 0 spiro atoms. The molecule has 1 N–H and O–H groups in total. The van der Waals surface area contributed by atoms with Crippen LogP contribution < -0.4 is 0 Å². The average molecular weight is 196 g/mol. The number of carbonyl (C=O) groups is 1. The second-order valence-electron chi connectivity index (χ2n) is 3.77. The highest BCUT2D eigenvalue weighted by Crippen LogP contribution is 2.49. The van der Waals surface area contributed by atoms with E-state index in [1.54, 1.807) is 11.3 Å². The zero-order chi connectivity index (χ0) is 9.47. The Bertz CT molecular complexity index is 336. The molecule has 1 saturated carbocycles. The van der Waals surface area contributed by atoms with Crippen molar-refractivity contribution in [2.24, 2.45) is 5.41 Å². The number of rotatable bonds is 3. The van der Waals surface area contributed by atoms with Gasteiger partial charge in [-0.15, -0.1) is 11.3 Å². The molecular weight excluding hydrogens is 184 g/mol. The van der Waals surface area contributed by atoms with Gasteiger partial charge < -0.3 is 5.11 Å². The van der Waals surface area contributed by atoms with E-state index < -0.39 is 11.4 Å². The van der Waals surface area contributed by atoms with E-state index in [1.807, 2.05) is 6.07 Å². The Morgan fingerprint density at radius 1 is 1.62 bits per heavy atom. The Labute approximate surface area is 81.2 Å². The van der Waals surface area contributed by atoms with E-state index in [2.05, 4.69) is 13.0 Å². The molecular formula is C10H12O2S. The van der Waals surface area contributed by atoms with Crippen LogP contribution in [0.2, 0.25) is 0 Å². The van der Waals surface area contributed by atoms with Gasteiger partial charge in [-0.25, -0.2) is 0 Å². The summed E-state index contributed by atoms with van der Waals surface area (Å²) >= 11 is 1.71. The molecule has 1 fully saturated rings. The maximum absolute atomic E-state index is 10.9. The summed E-state index contributed by atoms with van der Waals surface area (Å²) in [5, 5.41) is 8.98. The van der Waals surface area contributed by atoms with Crippen LogP contribution in [0.5, 0.6) is 0 Å². The summed E-state index contributed by atoms with van der Waals surface area (Å²) in [6.07, 6.45) is 2.42. The number of hydrogen-bond acceptors (Lipinski definition) is 2. The molecule has 0 saturated heterocycles. The van der Waals surface area contributed by atoms with E-state index in [-0.39, 0.29) is 0 Å². The summed E-state index contributed by atoms with van der Waals surface area (Å²) < 4.78 is 0. The Morgan fingerprint density at radius 3 is 2.69 bits per heavy atom. The fourth-order valence-corrected chi connectivity index (χ4v) is 2.56. The van der Waals surface area contributed by atoms with Crippen LogP contribution in [0.4, 0.5) is 0 Å². The van der Waals surface area contributed by atoms with E-state index in [4.69, 9.17) is 5.11 Å². The van der Waals surface area contributed by atoms with E-state index in [0.717, 1.165) is 19.3 Å². The van der Waals surface area contributed by atoms with Gasteiger partial charge in [0.25, 0.3) is 0 Å². The SMILES string of the molecule is Cc1ccc(CC2(C(=O)O)CC2)s1. The monoisotopic (exact) mass is 196 g/mol. The first-order valence-corrected chi connectivity index (χ1v) is 5.23. The normalized spacial score (nSPS) is 18.5. The molecule has 0 unspecified atom stereocenters. The summed E-state index contributed by atoms with van der Waals surface area (Å²) in [4.78, 5) is 13.4. The third-order valence-corrected chi connectivity index (χ3v) is 3.62. The van der Waals surface area contributed by atoms with Gasteiger partial charge in [-0.3, -0.25) is 4.79 Å². The third-order valence-electron chi connectivity index (χ3n) is 2.62. The molecule has 2 nitrogen and oxygen atoms in total. The minimum absolute atomic E-state index is 0.405. The van der Waals surface area contributed by atoms with Crippen molar-refractivity contribution in [2.45, 2.75) is 26.2 Å². The Balaban J connectivity index is 2.10. The molecule has 1 aromatic rings. The Morgan fingerprint density at radius 2 is 2.31 bits per heavy atom. The number of aryl methyl sites for hydroxylation is 1. The third kappa shape index (κ3) is 1.61. The molecule has 0 amide bonds. The van der Waals surface area contributed by atoms with Crippen molar-refractivity contribution in [1.29, 1.82) is 0 Å². The van der Waals surface area contributed by atoms with Gasteiger partial charge in [-0.2, -0.15) is 0 Å². The lowest BCUT2D eigenvalue weighted by Crippen LogP contribution is -2.16. The zero-order valence-corrected chi connectivity index (χ0v) is 8.36.